The largest absolute Gasteiger partial charge is 0.456 e. The molecule has 0 fully saturated rings. The SMILES string of the molecule is CCC(C)(C)OC(=O)c1ccc(C)c(C)c1. The van der Waals surface area contributed by atoms with Gasteiger partial charge in [-0.1, -0.05) is 13.0 Å². The Balaban J connectivity index is 2.85. The summed E-state index contributed by atoms with van der Waals surface area (Å²) in [6, 6.07) is 5.64. The van der Waals surface area contributed by atoms with E-state index in [1.807, 2.05) is 52.8 Å². The Bertz CT molecular complexity index is 392. The van der Waals surface area contributed by atoms with E-state index in [1.165, 1.54) is 5.56 Å². The highest BCUT2D eigenvalue weighted by Gasteiger charge is 2.21. The lowest BCUT2D eigenvalue weighted by molar-refractivity contribution is -0.00244. The van der Waals surface area contributed by atoms with Crippen molar-refractivity contribution in [1.82, 2.24) is 0 Å². The summed E-state index contributed by atoms with van der Waals surface area (Å²) in [4.78, 5) is 11.9. The van der Waals surface area contributed by atoms with Crippen LogP contribution in [0.2, 0.25) is 0 Å². The molecule has 0 saturated carbocycles. The topological polar surface area (TPSA) is 26.3 Å². The van der Waals surface area contributed by atoms with Crippen LogP contribution in [0.3, 0.4) is 0 Å². The van der Waals surface area contributed by atoms with Gasteiger partial charge in [-0.15, -0.1) is 0 Å². The van der Waals surface area contributed by atoms with Gasteiger partial charge in [-0.05, 0) is 57.4 Å². The number of aryl methyl sites for hydroxylation is 2. The summed E-state index contributed by atoms with van der Waals surface area (Å²) in [5.74, 6) is -0.241. The zero-order valence-corrected chi connectivity index (χ0v) is 10.8. The minimum absolute atomic E-state index is 0.241. The molecular formula is C14H20O2. The highest BCUT2D eigenvalue weighted by molar-refractivity contribution is 5.90. The number of hydrogen-bond donors (Lipinski definition) is 0. The van der Waals surface area contributed by atoms with Crippen LogP contribution >= 0.6 is 0 Å². The Labute approximate surface area is 97.6 Å². The molecule has 88 valence electrons. The lowest BCUT2D eigenvalue weighted by Crippen LogP contribution is -2.27. The zero-order valence-electron chi connectivity index (χ0n) is 10.8. The van der Waals surface area contributed by atoms with Crippen molar-refractivity contribution in [2.75, 3.05) is 0 Å². The van der Waals surface area contributed by atoms with Crippen LogP contribution in [0.15, 0.2) is 18.2 Å². The Hall–Kier alpha value is -1.31. The van der Waals surface area contributed by atoms with Gasteiger partial charge in [0.05, 0.1) is 5.56 Å². The van der Waals surface area contributed by atoms with Gasteiger partial charge in [-0.25, -0.2) is 4.79 Å². The van der Waals surface area contributed by atoms with Crippen molar-refractivity contribution < 1.29 is 9.53 Å². The van der Waals surface area contributed by atoms with Crippen LogP contribution in [0.1, 0.15) is 48.7 Å². The van der Waals surface area contributed by atoms with Gasteiger partial charge < -0.3 is 4.74 Å². The molecule has 0 heterocycles. The summed E-state index contributed by atoms with van der Waals surface area (Å²) in [6.07, 6.45) is 0.809. The average molecular weight is 220 g/mol. The van der Waals surface area contributed by atoms with E-state index >= 15 is 0 Å². The van der Waals surface area contributed by atoms with Crippen molar-refractivity contribution in [3.05, 3.63) is 34.9 Å². The fraction of sp³-hybridized carbons (Fsp3) is 0.500. The highest BCUT2D eigenvalue weighted by atomic mass is 16.6. The van der Waals surface area contributed by atoms with E-state index in [2.05, 4.69) is 0 Å². The third-order valence-corrected chi connectivity index (χ3v) is 2.96. The van der Waals surface area contributed by atoms with E-state index in [9.17, 15) is 4.79 Å². The zero-order chi connectivity index (χ0) is 12.3. The van der Waals surface area contributed by atoms with Gasteiger partial charge >= 0.3 is 5.97 Å². The maximum absolute atomic E-state index is 11.9. The first kappa shape index (κ1) is 12.8. The third-order valence-electron chi connectivity index (χ3n) is 2.96. The second kappa shape index (κ2) is 4.69. The monoisotopic (exact) mass is 220 g/mol. The minimum atomic E-state index is -0.393. The van der Waals surface area contributed by atoms with Crippen molar-refractivity contribution >= 4 is 5.97 Å². The molecule has 0 spiro atoms. The molecule has 1 aromatic rings. The van der Waals surface area contributed by atoms with Crippen molar-refractivity contribution in [3.8, 4) is 0 Å². The molecule has 0 aliphatic heterocycles. The van der Waals surface area contributed by atoms with Gasteiger partial charge in [0.1, 0.15) is 5.60 Å². The third kappa shape index (κ3) is 3.09. The number of carbonyl (C=O) groups excluding carboxylic acids is 1. The van der Waals surface area contributed by atoms with Crippen LogP contribution in [-0.4, -0.2) is 11.6 Å². The molecule has 2 heteroatoms. The fourth-order valence-electron chi connectivity index (χ4n) is 1.25. The van der Waals surface area contributed by atoms with Gasteiger partial charge in [0.2, 0.25) is 0 Å². The number of esters is 1. The fourth-order valence-corrected chi connectivity index (χ4v) is 1.25. The maximum atomic E-state index is 11.9. The van der Waals surface area contributed by atoms with Gasteiger partial charge in [-0.3, -0.25) is 0 Å². The average Bonchev–Trinajstić information content (AvgIpc) is 2.21. The van der Waals surface area contributed by atoms with Crippen LogP contribution in [0.5, 0.6) is 0 Å². The second-order valence-corrected chi connectivity index (χ2v) is 4.80. The van der Waals surface area contributed by atoms with Crippen LogP contribution in [0.25, 0.3) is 0 Å². The summed E-state index contributed by atoms with van der Waals surface area (Å²) in [5, 5.41) is 0. The van der Waals surface area contributed by atoms with Crippen LogP contribution < -0.4 is 0 Å². The van der Waals surface area contributed by atoms with E-state index in [1.54, 1.807) is 0 Å². The summed E-state index contributed by atoms with van der Waals surface area (Å²) in [5.41, 5.74) is 2.54. The molecule has 0 aliphatic carbocycles. The first-order valence-electron chi connectivity index (χ1n) is 5.66. The van der Waals surface area contributed by atoms with Crippen LogP contribution in [0, 0.1) is 13.8 Å². The van der Waals surface area contributed by atoms with Crippen LogP contribution in [-0.2, 0) is 4.74 Å². The van der Waals surface area contributed by atoms with Crippen molar-refractivity contribution in [2.45, 2.75) is 46.6 Å². The Morgan fingerprint density at radius 1 is 1.25 bits per heavy atom. The first-order chi connectivity index (χ1) is 7.35. The van der Waals surface area contributed by atoms with E-state index in [4.69, 9.17) is 4.74 Å². The molecule has 0 N–H and O–H groups in total. The molecule has 0 unspecified atom stereocenters. The molecular weight excluding hydrogens is 200 g/mol. The number of carbonyl (C=O) groups is 1. The predicted octanol–water partition coefficient (Wildman–Crippen LogP) is 3.65. The van der Waals surface area contributed by atoms with Gasteiger partial charge in [-0.2, -0.15) is 0 Å². The quantitative estimate of drug-likeness (QED) is 0.727. The minimum Gasteiger partial charge on any atom is -0.456 e. The Kier molecular flexibility index (Phi) is 3.74. The summed E-state index contributed by atoms with van der Waals surface area (Å²) < 4.78 is 5.43. The summed E-state index contributed by atoms with van der Waals surface area (Å²) in [6.45, 7) is 9.88. The Morgan fingerprint density at radius 3 is 2.38 bits per heavy atom. The normalized spacial score (nSPS) is 11.3. The molecule has 16 heavy (non-hydrogen) atoms. The van der Waals surface area contributed by atoms with Crippen molar-refractivity contribution in [1.29, 1.82) is 0 Å². The first-order valence-corrected chi connectivity index (χ1v) is 5.66. The van der Waals surface area contributed by atoms with Gasteiger partial charge in [0.25, 0.3) is 0 Å². The molecule has 0 aliphatic rings. The highest BCUT2D eigenvalue weighted by Crippen LogP contribution is 2.18. The lowest BCUT2D eigenvalue weighted by atomic mass is 10.0. The smallest absolute Gasteiger partial charge is 0.338 e. The van der Waals surface area contributed by atoms with E-state index in [0.717, 1.165) is 12.0 Å². The molecule has 0 amide bonds. The molecule has 0 bridgehead atoms. The molecule has 1 aromatic carbocycles. The summed E-state index contributed by atoms with van der Waals surface area (Å²) >= 11 is 0. The standard InChI is InChI=1S/C14H20O2/c1-6-14(4,5)16-13(15)12-8-7-10(2)11(3)9-12/h7-9H,6H2,1-5H3. The molecule has 0 aromatic heterocycles. The van der Waals surface area contributed by atoms with Gasteiger partial charge in [0.15, 0.2) is 0 Å². The number of benzene rings is 1. The van der Waals surface area contributed by atoms with Gasteiger partial charge in [0, 0.05) is 0 Å². The predicted molar refractivity (Wildman–Crippen MR) is 65.7 cm³/mol. The number of ether oxygens (including phenoxy) is 1. The van der Waals surface area contributed by atoms with E-state index in [0.29, 0.717) is 5.56 Å². The summed E-state index contributed by atoms with van der Waals surface area (Å²) in [7, 11) is 0. The van der Waals surface area contributed by atoms with Crippen LogP contribution in [0.4, 0.5) is 0 Å². The van der Waals surface area contributed by atoms with Crippen molar-refractivity contribution in [2.24, 2.45) is 0 Å². The number of rotatable bonds is 3. The lowest BCUT2D eigenvalue weighted by Gasteiger charge is -2.23. The molecule has 0 radical (unpaired) electrons. The molecule has 0 saturated heterocycles. The molecule has 0 atom stereocenters. The second-order valence-electron chi connectivity index (χ2n) is 4.80. The van der Waals surface area contributed by atoms with Crippen molar-refractivity contribution in [3.63, 3.8) is 0 Å². The Morgan fingerprint density at radius 2 is 1.88 bits per heavy atom. The molecule has 2 nitrogen and oxygen atoms in total. The number of hydrogen-bond acceptors (Lipinski definition) is 2. The molecule has 1 rings (SSSR count). The van der Waals surface area contributed by atoms with E-state index in [-0.39, 0.29) is 5.97 Å². The maximum Gasteiger partial charge on any atom is 0.338 e. The van der Waals surface area contributed by atoms with E-state index < -0.39 is 5.60 Å².